The zero-order valence-electron chi connectivity index (χ0n) is 21.6. The van der Waals surface area contributed by atoms with Gasteiger partial charge in [0.05, 0.1) is 25.3 Å². The Bertz CT molecular complexity index is 1200. The fraction of sp³-hybridized carbons (Fsp3) is 0.429. The maximum Gasteiger partial charge on any atom is 0.409 e. The SMILES string of the molecule is CCOC(=O)N1CCC(N2C(=O)C(=O)/C(=C(/O)c3ccc(OC)c(C(C)C)c3)C2c2cccnc2)CC1. The van der Waals surface area contributed by atoms with Crippen LogP contribution in [0.5, 0.6) is 5.75 Å². The lowest BCUT2D eigenvalue weighted by Crippen LogP contribution is -2.48. The maximum atomic E-state index is 13.4. The normalized spacial score (nSPS) is 20.0. The Balaban J connectivity index is 1.75. The quantitative estimate of drug-likeness (QED) is 0.354. The van der Waals surface area contributed by atoms with Gasteiger partial charge in [0.2, 0.25) is 0 Å². The standard InChI is InChI=1S/C28H33N3O6/c1-5-37-28(35)30-13-10-20(11-14-30)31-24(19-7-6-12-29-16-19)23(26(33)27(31)34)25(32)18-8-9-22(36-4)21(15-18)17(2)3/h6-9,12,15-17,20,24,32H,5,10-11,13-14H2,1-4H3/b25-23+. The summed E-state index contributed by atoms with van der Waals surface area (Å²) >= 11 is 0. The van der Waals surface area contributed by atoms with Gasteiger partial charge in [-0.3, -0.25) is 14.6 Å². The molecule has 0 spiro atoms. The van der Waals surface area contributed by atoms with Gasteiger partial charge in [-0.2, -0.15) is 0 Å². The first-order valence-corrected chi connectivity index (χ1v) is 12.6. The fourth-order valence-electron chi connectivity index (χ4n) is 5.12. The molecule has 9 heteroatoms. The van der Waals surface area contributed by atoms with Crippen molar-refractivity contribution in [1.82, 2.24) is 14.8 Å². The summed E-state index contributed by atoms with van der Waals surface area (Å²) in [4.78, 5) is 46.4. The highest BCUT2D eigenvalue weighted by Crippen LogP contribution is 2.42. The van der Waals surface area contributed by atoms with Gasteiger partial charge in [-0.25, -0.2) is 4.79 Å². The minimum atomic E-state index is -0.794. The number of hydrogen-bond acceptors (Lipinski definition) is 7. The first kappa shape index (κ1) is 26.2. The first-order chi connectivity index (χ1) is 17.8. The summed E-state index contributed by atoms with van der Waals surface area (Å²) in [7, 11) is 1.59. The number of benzene rings is 1. The number of piperidine rings is 1. The monoisotopic (exact) mass is 507 g/mol. The van der Waals surface area contributed by atoms with E-state index in [1.54, 1.807) is 66.6 Å². The van der Waals surface area contributed by atoms with Crippen molar-refractivity contribution in [2.45, 2.75) is 51.6 Å². The van der Waals surface area contributed by atoms with Crippen LogP contribution in [0.15, 0.2) is 48.3 Å². The van der Waals surface area contributed by atoms with Crippen molar-refractivity contribution in [1.29, 1.82) is 0 Å². The molecule has 2 amide bonds. The molecule has 37 heavy (non-hydrogen) atoms. The number of pyridine rings is 1. The van der Waals surface area contributed by atoms with Crippen molar-refractivity contribution in [3.05, 3.63) is 65.0 Å². The highest BCUT2D eigenvalue weighted by atomic mass is 16.6. The molecule has 0 saturated carbocycles. The highest BCUT2D eigenvalue weighted by Gasteiger charge is 2.49. The van der Waals surface area contributed by atoms with E-state index in [2.05, 4.69) is 4.98 Å². The second kappa shape index (κ2) is 11.0. The molecule has 3 heterocycles. The number of hydrogen-bond donors (Lipinski definition) is 1. The predicted octanol–water partition coefficient (Wildman–Crippen LogP) is 4.26. The molecular formula is C28H33N3O6. The summed E-state index contributed by atoms with van der Waals surface area (Å²) < 4.78 is 10.6. The van der Waals surface area contributed by atoms with Crippen molar-refractivity contribution in [3.8, 4) is 5.75 Å². The van der Waals surface area contributed by atoms with Crippen LogP contribution in [-0.2, 0) is 14.3 Å². The molecule has 1 aromatic carbocycles. The van der Waals surface area contributed by atoms with Crippen LogP contribution in [0.4, 0.5) is 4.79 Å². The second-order valence-electron chi connectivity index (χ2n) is 9.52. The minimum Gasteiger partial charge on any atom is -0.507 e. The zero-order valence-corrected chi connectivity index (χ0v) is 21.6. The second-order valence-corrected chi connectivity index (χ2v) is 9.52. The number of ketones is 1. The van der Waals surface area contributed by atoms with Crippen LogP contribution >= 0.6 is 0 Å². The Morgan fingerprint density at radius 3 is 2.51 bits per heavy atom. The van der Waals surface area contributed by atoms with E-state index in [0.29, 0.717) is 42.8 Å². The lowest BCUT2D eigenvalue weighted by molar-refractivity contribution is -0.142. The molecule has 196 valence electrons. The van der Waals surface area contributed by atoms with E-state index in [-0.39, 0.29) is 36.0 Å². The van der Waals surface area contributed by atoms with Gasteiger partial charge in [0.1, 0.15) is 11.5 Å². The Labute approximate surface area is 216 Å². The Hall–Kier alpha value is -3.88. The number of carbonyl (C=O) groups is 3. The van der Waals surface area contributed by atoms with E-state index >= 15 is 0 Å². The van der Waals surface area contributed by atoms with Gasteiger partial charge < -0.3 is 24.4 Å². The molecule has 2 aliphatic rings. The van der Waals surface area contributed by atoms with Crippen molar-refractivity contribution < 1.29 is 29.0 Å². The minimum absolute atomic E-state index is 0.0331. The summed E-state index contributed by atoms with van der Waals surface area (Å²) in [6, 6.07) is 7.69. The number of rotatable bonds is 6. The highest BCUT2D eigenvalue weighted by molar-refractivity contribution is 6.46. The number of methoxy groups -OCH3 is 1. The molecule has 9 nitrogen and oxygen atoms in total. The van der Waals surface area contributed by atoms with Crippen LogP contribution in [0, 0.1) is 0 Å². The van der Waals surface area contributed by atoms with Gasteiger partial charge in [0.15, 0.2) is 0 Å². The molecule has 0 radical (unpaired) electrons. The Morgan fingerprint density at radius 1 is 1.19 bits per heavy atom. The maximum absolute atomic E-state index is 13.4. The van der Waals surface area contributed by atoms with Gasteiger partial charge in [0.25, 0.3) is 11.7 Å². The summed E-state index contributed by atoms with van der Waals surface area (Å²) in [5, 5.41) is 11.4. The molecule has 0 bridgehead atoms. The lowest BCUT2D eigenvalue weighted by atomic mass is 9.93. The van der Waals surface area contributed by atoms with Crippen LogP contribution in [-0.4, -0.2) is 70.5 Å². The van der Waals surface area contributed by atoms with Crippen molar-refractivity contribution >= 4 is 23.5 Å². The summed E-state index contributed by atoms with van der Waals surface area (Å²) in [5.41, 5.74) is 1.98. The van der Waals surface area contributed by atoms with E-state index in [0.717, 1.165) is 5.56 Å². The van der Waals surface area contributed by atoms with Gasteiger partial charge in [0, 0.05) is 37.1 Å². The van der Waals surface area contributed by atoms with Gasteiger partial charge in [-0.1, -0.05) is 19.9 Å². The van der Waals surface area contributed by atoms with Gasteiger partial charge >= 0.3 is 6.09 Å². The van der Waals surface area contributed by atoms with Crippen molar-refractivity contribution in [2.24, 2.45) is 0 Å². The molecule has 1 N–H and O–H groups in total. The smallest absolute Gasteiger partial charge is 0.409 e. The summed E-state index contributed by atoms with van der Waals surface area (Å²) in [5.74, 6) is -0.833. The van der Waals surface area contributed by atoms with Crippen LogP contribution < -0.4 is 4.74 Å². The number of aliphatic hydroxyl groups is 1. The number of aliphatic hydroxyl groups excluding tert-OH is 1. The zero-order chi connectivity index (χ0) is 26.7. The van der Waals surface area contributed by atoms with Gasteiger partial charge in [-0.05, 0) is 61.1 Å². The number of nitrogens with zero attached hydrogens (tertiary/aromatic N) is 3. The van der Waals surface area contributed by atoms with E-state index in [1.165, 1.54) is 0 Å². The number of amides is 2. The molecule has 1 unspecified atom stereocenters. The van der Waals surface area contributed by atoms with Crippen LogP contribution in [0.2, 0.25) is 0 Å². The van der Waals surface area contributed by atoms with Crippen LogP contribution in [0.25, 0.3) is 5.76 Å². The molecule has 0 aliphatic carbocycles. The number of likely N-dealkylation sites (tertiary alicyclic amines) is 2. The first-order valence-electron chi connectivity index (χ1n) is 12.6. The lowest BCUT2D eigenvalue weighted by Gasteiger charge is -2.38. The number of carbonyl (C=O) groups excluding carboxylic acids is 3. The largest absolute Gasteiger partial charge is 0.507 e. The van der Waals surface area contributed by atoms with Crippen molar-refractivity contribution in [2.75, 3.05) is 26.8 Å². The number of aromatic nitrogens is 1. The van der Waals surface area contributed by atoms with Crippen molar-refractivity contribution in [3.63, 3.8) is 0 Å². The van der Waals surface area contributed by atoms with E-state index < -0.39 is 17.7 Å². The third-order valence-electron chi connectivity index (χ3n) is 6.99. The summed E-state index contributed by atoms with van der Waals surface area (Å²) in [6.07, 6.45) is 3.82. The molecule has 1 atom stereocenters. The van der Waals surface area contributed by atoms with E-state index in [1.807, 2.05) is 13.8 Å². The molecule has 2 saturated heterocycles. The van der Waals surface area contributed by atoms with E-state index in [4.69, 9.17) is 9.47 Å². The third-order valence-corrected chi connectivity index (χ3v) is 6.99. The topological polar surface area (TPSA) is 109 Å². The number of ether oxygens (including phenoxy) is 2. The van der Waals surface area contributed by atoms with Gasteiger partial charge in [-0.15, -0.1) is 0 Å². The fourth-order valence-corrected chi connectivity index (χ4v) is 5.12. The Morgan fingerprint density at radius 2 is 1.92 bits per heavy atom. The predicted molar refractivity (Wildman–Crippen MR) is 137 cm³/mol. The molecular weight excluding hydrogens is 474 g/mol. The summed E-state index contributed by atoms with van der Waals surface area (Å²) in [6.45, 7) is 6.88. The number of Topliss-reactive ketones (excluding diaryl/α,β-unsaturated/α-hetero) is 1. The van der Waals surface area contributed by atoms with Crippen LogP contribution in [0.3, 0.4) is 0 Å². The van der Waals surface area contributed by atoms with Crippen LogP contribution in [0.1, 0.15) is 62.3 Å². The molecule has 2 fully saturated rings. The molecule has 1 aromatic heterocycles. The molecule has 2 aliphatic heterocycles. The van der Waals surface area contributed by atoms with E-state index in [9.17, 15) is 19.5 Å². The third kappa shape index (κ3) is 5.03. The molecule has 2 aromatic rings. The average Bonchev–Trinajstić information content (AvgIpc) is 3.18. The average molecular weight is 508 g/mol. The Kier molecular flexibility index (Phi) is 7.80. The molecule has 4 rings (SSSR count).